The van der Waals surface area contributed by atoms with E-state index in [1.165, 1.54) is 29.5 Å². The van der Waals surface area contributed by atoms with E-state index in [2.05, 4.69) is 10.6 Å². The van der Waals surface area contributed by atoms with Gasteiger partial charge in [0.2, 0.25) is 5.91 Å². The summed E-state index contributed by atoms with van der Waals surface area (Å²) in [5, 5.41) is 6.60. The number of carbonyl (C=O) groups excluding carboxylic acids is 3. The van der Waals surface area contributed by atoms with Gasteiger partial charge in [-0.2, -0.15) is 0 Å². The molecule has 1 aliphatic rings. The first kappa shape index (κ1) is 15.9. The van der Waals surface area contributed by atoms with Gasteiger partial charge in [-0.25, -0.2) is 14.1 Å². The molecule has 2 heterocycles. The van der Waals surface area contributed by atoms with E-state index in [0.717, 1.165) is 9.78 Å². The Morgan fingerprint density at radius 1 is 1.25 bits per heavy atom. The molecule has 3 rings (SSSR count). The van der Waals surface area contributed by atoms with E-state index >= 15 is 0 Å². The Morgan fingerprint density at radius 2 is 2.04 bits per heavy atom. The van der Waals surface area contributed by atoms with Crippen LogP contribution in [0, 0.1) is 5.82 Å². The Hall–Kier alpha value is -3.00. The summed E-state index contributed by atoms with van der Waals surface area (Å²) in [6.45, 7) is -0.499. The minimum atomic E-state index is -0.688. The largest absolute Gasteiger partial charge is 0.329 e. The highest BCUT2D eigenvalue weighted by molar-refractivity contribution is 7.10. The first-order chi connectivity index (χ1) is 11.5. The summed E-state index contributed by atoms with van der Waals surface area (Å²) >= 11 is 1.41. The number of para-hydroxylation sites is 1. The lowest BCUT2D eigenvalue weighted by Crippen LogP contribution is -2.38. The van der Waals surface area contributed by atoms with Crippen LogP contribution in [0.5, 0.6) is 0 Å². The molecule has 2 aromatic rings. The van der Waals surface area contributed by atoms with Crippen molar-refractivity contribution in [3.8, 4) is 0 Å². The van der Waals surface area contributed by atoms with Crippen LogP contribution in [0.2, 0.25) is 0 Å². The topological polar surface area (TPSA) is 78.5 Å². The number of nitrogens with one attached hydrogen (secondary N) is 2. The van der Waals surface area contributed by atoms with Crippen LogP contribution >= 0.6 is 11.3 Å². The van der Waals surface area contributed by atoms with Gasteiger partial charge in [0.15, 0.2) is 0 Å². The van der Waals surface area contributed by atoms with Gasteiger partial charge in [-0.05, 0) is 29.7 Å². The number of hydrogen-bond donors (Lipinski definition) is 2. The van der Waals surface area contributed by atoms with Gasteiger partial charge >= 0.3 is 6.03 Å². The normalized spacial score (nSPS) is 15.7. The van der Waals surface area contributed by atoms with Gasteiger partial charge < -0.3 is 10.6 Å². The van der Waals surface area contributed by atoms with Crippen LogP contribution in [0.1, 0.15) is 4.88 Å². The number of anilines is 1. The first-order valence-corrected chi connectivity index (χ1v) is 7.85. The molecular formula is C16H12FN3O3S. The molecule has 0 radical (unpaired) electrons. The zero-order valence-corrected chi connectivity index (χ0v) is 13.1. The molecule has 0 saturated carbocycles. The number of carbonyl (C=O) groups is 3. The zero-order valence-electron chi connectivity index (χ0n) is 12.3. The van der Waals surface area contributed by atoms with Crippen LogP contribution in [0.3, 0.4) is 0 Å². The van der Waals surface area contributed by atoms with E-state index in [9.17, 15) is 18.8 Å². The fourth-order valence-electron chi connectivity index (χ4n) is 2.13. The van der Waals surface area contributed by atoms with Gasteiger partial charge in [0.05, 0.1) is 5.69 Å². The van der Waals surface area contributed by atoms with Gasteiger partial charge in [0.1, 0.15) is 18.1 Å². The smallest absolute Gasteiger partial charge is 0.322 e. The molecule has 0 spiro atoms. The molecule has 4 amide bonds. The number of thiophene rings is 1. The van der Waals surface area contributed by atoms with Gasteiger partial charge in [-0.1, -0.05) is 18.2 Å². The molecule has 1 saturated heterocycles. The summed E-state index contributed by atoms with van der Waals surface area (Å²) in [7, 11) is 0. The number of rotatable bonds is 4. The minimum absolute atomic E-state index is 0.0103. The fourth-order valence-corrected chi connectivity index (χ4v) is 2.78. The molecule has 6 nitrogen and oxygen atoms in total. The Kier molecular flexibility index (Phi) is 4.39. The van der Waals surface area contributed by atoms with Gasteiger partial charge in [0, 0.05) is 4.88 Å². The Balaban J connectivity index is 1.69. The third kappa shape index (κ3) is 3.33. The summed E-state index contributed by atoms with van der Waals surface area (Å²) in [5.74, 6) is -1.86. The molecule has 1 aromatic carbocycles. The molecule has 0 unspecified atom stereocenters. The van der Waals surface area contributed by atoms with Crippen LogP contribution in [0.25, 0.3) is 6.08 Å². The van der Waals surface area contributed by atoms with Crippen LogP contribution < -0.4 is 10.6 Å². The molecule has 0 atom stereocenters. The van der Waals surface area contributed by atoms with E-state index in [0.29, 0.717) is 0 Å². The van der Waals surface area contributed by atoms with Gasteiger partial charge in [0.25, 0.3) is 5.91 Å². The molecule has 1 aromatic heterocycles. The maximum absolute atomic E-state index is 13.5. The predicted octanol–water partition coefficient (Wildman–Crippen LogP) is 2.42. The minimum Gasteiger partial charge on any atom is -0.322 e. The van der Waals surface area contributed by atoms with Crippen molar-refractivity contribution in [2.75, 3.05) is 11.9 Å². The van der Waals surface area contributed by atoms with Gasteiger partial charge in [-0.15, -0.1) is 11.3 Å². The van der Waals surface area contributed by atoms with Crippen molar-refractivity contribution >= 4 is 40.9 Å². The lowest BCUT2D eigenvalue weighted by molar-refractivity contribution is -0.127. The maximum Gasteiger partial charge on any atom is 0.329 e. The van der Waals surface area contributed by atoms with Crippen molar-refractivity contribution in [1.82, 2.24) is 10.2 Å². The molecule has 0 aliphatic carbocycles. The molecular weight excluding hydrogens is 333 g/mol. The second-order valence-electron chi connectivity index (χ2n) is 4.92. The summed E-state index contributed by atoms with van der Waals surface area (Å²) in [6.07, 6.45) is 1.54. The van der Waals surface area contributed by atoms with Crippen molar-refractivity contribution in [3.05, 3.63) is 58.2 Å². The molecule has 8 heteroatoms. The molecule has 24 heavy (non-hydrogen) atoms. The van der Waals surface area contributed by atoms with Crippen molar-refractivity contribution in [2.24, 2.45) is 0 Å². The average molecular weight is 345 g/mol. The van der Waals surface area contributed by atoms with Crippen molar-refractivity contribution in [1.29, 1.82) is 0 Å². The zero-order chi connectivity index (χ0) is 17.1. The third-order valence-electron chi connectivity index (χ3n) is 3.24. The summed E-state index contributed by atoms with van der Waals surface area (Å²) in [5.41, 5.74) is 0.0880. The van der Waals surface area contributed by atoms with Crippen molar-refractivity contribution < 1.29 is 18.8 Å². The van der Waals surface area contributed by atoms with Crippen molar-refractivity contribution in [2.45, 2.75) is 0 Å². The van der Waals surface area contributed by atoms with Crippen LogP contribution in [0.15, 0.2) is 47.5 Å². The lowest BCUT2D eigenvalue weighted by atomic mass is 10.3. The quantitative estimate of drug-likeness (QED) is 0.660. The van der Waals surface area contributed by atoms with E-state index in [1.807, 2.05) is 11.4 Å². The van der Waals surface area contributed by atoms with Crippen LogP contribution in [0.4, 0.5) is 14.9 Å². The Morgan fingerprint density at radius 3 is 2.75 bits per heavy atom. The number of amides is 4. The maximum atomic E-state index is 13.5. The SMILES string of the molecule is O=C(CN1C(=O)NC(=Cc2cccs2)C1=O)Nc1ccccc1F. The van der Waals surface area contributed by atoms with E-state index in [4.69, 9.17) is 0 Å². The monoisotopic (exact) mass is 345 g/mol. The fraction of sp³-hybridized carbons (Fsp3) is 0.0625. The van der Waals surface area contributed by atoms with E-state index < -0.39 is 30.2 Å². The lowest BCUT2D eigenvalue weighted by Gasteiger charge is -2.12. The number of urea groups is 1. The third-order valence-corrected chi connectivity index (χ3v) is 4.06. The Bertz CT molecular complexity index is 833. The molecule has 1 aliphatic heterocycles. The van der Waals surface area contributed by atoms with E-state index in [-0.39, 0.29) is 11.4 Å². The first-order valence-electron chi connectivity index (χ1n) is 6.97. The summed E-state index contributed by atoms with van der Waals surface area (Å²) < 4.78 is 13.5. The van der Waals surface area contributed by atoms with Gasteiger partial charge in [-0.3, -0.25) is 9.59 Å². The Labute approximate surface area is 140 Å². The number of halogens is 1. The highest BCUT2D eigenvalue weighted by atomic mass is 32.1. The summed E-state index contributed by atoms with van der Waals surface area (Å²) in [6, 6.07) is 8.57. The highest BCUT2D eigenvalue weighted by Crippen LogP contribution is 2.18. The average Bonchev–Trinajstić information content (AvgIpc) is 3.14. The number of benzene rings is 1. The number of imide groups is 1. The predicted molar refractivity (Wildman–Crippen MR) is 87.6 cm³/mol. The molecule has 122 valence electrons. The van der Waals surface area contributed by atoms with Crippen LogP contribution in [-0.2, 0) is 9.59 Å². The summed E-state index contributed by atoms with van der Waals surface area (Å²) in [4.78, 5) is 37.6. The standard InChI is InChI=1S/C16H12FN3O3S/c17-11-5-1-2-6-12(11)18-14(21)9-20-15(22)13(19-16(20)23)8-10-4-3-7-24-10/h1-8H,9H2,(H,18,21)(H,19,23). The highest BCUT2D eigenvalue weighted by Gasteiger charge is 2.35. The van der Waals surface area contributed by atoms with E-state index in [1.54, 1.807) is 18.2 Å². The number of hydrogen-bond acceptors (Lipinski definition) is 4. The van der Waals surface area contributed by atoms with Crippen molar-refractivity contribution in [3.63, 3.8) is 0 Å². The number of nitrogens with zero attached hydrogens (tertiary/aromatic N) is 1. The second-order valence-corrected chi connectivity index (χ2v) is 5.90. The second kappa shape index (κ2) is 6.63. The molecule has 1 fully saturated rings. The molecule has 2 N–H and O–H groups in total. The molecule has 0 bridgehead atoms. The van der Waals surface area contributed by atoms with Crippen LogP contribution in [-0.4, -0.2) is 29.3 Å².